The molecule has 2 spiro atoms. The highest BCUT2D eigenvalue weighted by atomic mass is 16.7. The monoisotopic (exact) mass is 745 g/mol. The molecule has 7 atom stereocenters. The third kappa shape index (κ3) is 4.84. The number of carbonyl (C=O) groups excluding carboxylic acids is 1. The van der Waals surface area contributed by atoms with Crippen LogP contribution in [-0.4, -0.2) is 65.8 Å². The first-order valence-corrected chi connectivity index (χ1v) is 21.2. The summed E-state index contributed by atoms with van der Waals surface area (Å²) in [5.41, 5.74) is 2.65. The number of ether oxygens (including phenoxy) is 4. The van der Waals surface area contributed by atoms with Gasteiger partial charge < -0.3 is 24.1 Å². The SMILES string of the molecule is COC12CCC3(CC1C(C)(OC(=O)OC1CCC(c4ccccc4)(c4ccccc4)CC1)C(C)(C)C)C1Cc4ccc(O)c5c4C3(CCN1CC1CC1)C2O5. The van der Waals surface area contributed by atoms with E-state index in [4.69, 9.17) is 18.9 Å². The third-order valence-corrected chi connectivity index (χ3v) is 16.8. The molecule has 1 saturated heterocycles. The van der Waals surface area contributed by atoms with Crippen LogP contribution in [0.15, 0.2) is 72.8 Å². The van der Waals surface area contributed by atoms with Crippen molar-refractivity contribution in [3.05, 3.63) is 95.1 Å². The number of likely N-dealkylation sites (tertiary alicyclic amines) is 1. The maximum atomic E-state index is 14.3. The van der Waals surface area contributed by atoms with Crippen LogP contribution in [0.4, 0.5) is 4.79 Å². The number of phenols is 1. The maximum Gasteiger partial charge on any atom is 0.509 e. The number of methoxy groups -OCH3 is 1. The molecule has 8 aliphatic rings. The molecule has 7 unspecified atom stereocenters. The van der Waals surface area contributed by atoms with Crippen molar-refractivity contribution in [3.8, 4) is 11.5 Å². The Labute approximate surface area is 327 Å². The number of hydrogen-bond acceptors (Lipinski definition) is 7. The van der Waals surface area contributed by atoms with Crippen LogP contribution in [0, 0.1) is 22.7 Å². The van der Waals surface area contributed by atoms with Crippen molar-refractivity contribution in [1.82, 2.24) is 4.90 Å². The van der Waals surface area contributed by atoms with Crippen molar-refractivity contribution < 1.29 is 28.8 Å². The van der Waals surface area contributed by atoms with E-state index in [-0.39, 0.29) is 40.1 Å². The minimum atomic E-state index is -0.933. The second kappa shape index (κ2) is 12.2. The summed E-state index contributed by atoms with van der Waals surface area (Å²) < 4.78 is 27.3. The molecule has 6 aliphatic carbocycles. The van der Waals surface area contributed by atoms with Gasteiger partial charge in [0.1, 0.15) is 23.4 Å². The fourth-order valence-corrected chi connectivity index (χ4v) is 13.6. The zero-order valence-electron chi connectivity index (χ0n) is 33.4. The van der Waals surface area contributed by atoms with Gasteiger partial charge in [-0.05, 0) is 113 Å². The summed E-state index contributed by atoms with van der Waals surface area (Å²) in [4.78, 5) is 17.2. The Kier molecular flexibility index (Phi) is 7.97. The Morgan fingerprint density at radius 3 is 2.16 bits per heavy atom. The van der Waals surface area contributed by atoms with E-state index < -0.39 is 22.8 Å². The smallest absolute Gasteiger partial charge is 0.504 e. The van der Waals surface area contributed by atoms with Crippen LogP contribution in [0.1, 0.15) is 114 Å². The fraction of sp³-hybridized carbons (Fsp3) is 0.604. The summed E-state index contributed by atoms with van der Waals surface area (Å²) in [6, 6.07) is 26.0. The molecule has 3 aromatic rings. The van der Waals surface area contributed by atoms with E-state index in [0.717, 1.165) is 76.8 Å². The number of carbonyl (C=O) groups is 1. The van der Waals surface area contributed by atoms with E-state index in [9.17, 15) is 9.90 Å². The normalized spacial score (nSPS) is 34.3. The predicted molar refractivity (Wildman–Crippen MR) is 211 cm³/mol. The van der Waals surface area contributed by atoms with Gasteiger partial charge in [-0.25, -0.2) is 4.79 Å². The van der Waals surface area contributed by atoms with E-state index >= 15 is 0 Å². The average Bonchev–Trinajstić information content (AvgIpc) is 3.93. The molecule has 1 N–H and O–H groups in total. The highest BCUT2D eigenvalue weighted by Crippen LogP contribution is 2.78. The van der Waals surface area contributed by atoms with E-state index in [1.165, 1.54) is 35.1 Å². The predicted octanol–water partition coefficient (Wildman–Crippen LogP) is 9.50. The van der Waals surface area contributed by atoms with Crippen LogP contribution in [-0.2, 0) is 31.5 Å². The molecule has 7 nitrogen and oxygen atoms in total. The Balaban J connectivity index is 0.969. The minimum absolute atomic E-state index is 0.0941. The molecule has 7 heteroatoms. The van der Waals surface area contributed by atoms with E-state index in [0.29, 0.717) is 11.8 Å². The van der Waals surface area contributed by atoms with Crippen molar-refractivity contribution in [2.24, 2.45) is 22.7 Å². The molecule has 3 aromatic carbocycles. The molecule has 0 aromatic heterocycles. The maximum absolute atomic E-state index is 14.3. The van der Waals surface area contributed by atoms with Gasteiger partial charge in [0.2, 0.25) is 0 Å². The second-order valence-corrected chi connectivity index (χ2v) is 19.7. The molecule has 292 valence electrons. The number of benzene rings is 3. The minimum Gasteiger partial charge on any atom is -0.504 e. The van der Waals surface area contributed by atoms with Gasteiger partial charge in [0.15, 0.2) is 11.5 Å². The average molecular weight is 746 g/mol. The number of rotatable bonds is 8. The van der Waals surface area contributed by atoms with Crippen molar-refractivity contribution in [1.29, 1.82) is 0 Å². The molecule has 4 bridgehead atoms. The molecular weight excluding hydrogens is 687 g/mol. The summed E-state index contributed by atoms with van der Waals surface area (Å²) in [6.45, 7) is 10.9. The molecule has 0 radical (unpaired) electrons. The summed E-state index contributed by atoms with van der Waals surface area (Å²) in [5, 5.41) is 11.4. The van der Waals surface area contributed by atoms with E-state index in [1.54, 1.807) is 0 Å². The fourth-order valence-electron chi connectivity index (χ4n) is 13.6. The van der Waals surface area contributed by atoms with Gasteiger partial charge in [0, 0.05) is 52.8 Å². The van der Waals surface area contributed by atoms with Crippen LogP contribution in [0.5, 0.6) is 11.5 Å². The Morgan fingerprint density at radius 2 is 1.55 bits per heavy atom. The van der Waals surface area contributed by atoms with Gasteiger partial charge >= 0.3 is 6.16 Å². The van der Waals surface area contributed by atoms with Gasteiger partial charge in [0.05, 0.1) is 0 Å². The lowest BCUT2D eigenvalue weighted by Crippen LogP contribution is -2.83. The summed E-state index contributed by atoms with van der Waals surface area (Å²) >= 11 is 0. The number of nitrogens with zero attached hydrogens (tertiary/aromatic N) is 1. The topological polar surface area (TPSA) is 77.5 Å². The zero-order chi connectivity index (χ0) is 38.0. The molecule has 5 saturated carbocycles. The molecule has 6 fully saturated rings. The molecule has 2 aliphatic heterocycles. The Bertz CT molecular complexity index is 1920. The number of fused-ring (bicyclic) bond motifs is 2. The lowest BCUT2D eigenvalue weighted by molar-refractivity contribution is -0.313. The lowest BCUT2D eigenvalue weighted by Gasteiger charge is -2.75. The van der Waals surface area contributed by atoms with Gasteiger partial charge in [-0.2, -0.15) is 0 Å². The number of phenolic OH excluding ortho intramolecular Hbond substituents is 1. The molecule has 11 rings (SSSR count). The number of aromatic hydroxyl groups is 1. The quantitative estimate of drug-likeness (QED) is 0.230. The molecule has 2 heterocycles. The van der Waals surface area contributed by atoms with Crippen LogP contribution in [0.3, 0.4) is 0 Å². The number of piperidine rings is 1. The highest BCUT2D eigenvalue weighted by molar-refractivity contribution is 5.64. The van der Waals surface area contributed by atoms with Crippen molar-refractivity contribution >= 4 is 6.16 Å². The molecule has 0 amide bonds. The second-order valence-electron chi connectivity index (χ2n) is 19.7. The third-order valence-electron chi connectivity index (χ3n) is 16.8. The van der Waals surface area contributed by atoms with Crippen LogP contribution >= 0.6 is 0 Å². The first-order chi connectivity index (χ1) is 26.4. The van der Waals surface area contributed by atoms with Crippen LogP contribution in [0.25, 0.3) is 0 Å². The van der Waals surface area contributed by atoms with E-state index in [2.05, 4.69) is 99.3 Å². The first-order valence-electron chi connectivity index (χ1n) is 21.2. The van der Waals surface area contributed by atoms with Crippen molar-refractivity contribution in [3.63, 3.8) is 0 Å². The molecule has 55 heavy (non-hydrogen) atoms. The first kappa shape index (κ1) is 35.8. The van der Waals surface area contributed by atoms with Crippen molar-refractivity contribution in [2.45, 2.75) is 139 Å². The summed E-state index contributed by atoms with van der Waals surface area (Å²) in [6.07, 6.45) is 9.58. The Morgan fingerprint density at radius 1 is 0.873 bits per heavy atom. The van der Waals surface area contributed by atoms with Crippen LogP contribution < -0.4 is 4.74 Å². The van der Waals surface area contributed by atoms with Crippen LogP contribution in [0.2, 0.25) is 0 Å². The summed E-state index contributed by atoms with van der Waals surface area (Å²) in [7, 11) is 1.84. The number of hydrogen-bond donors (Lipinski definition) is 1. The summed E-state index contributed by atoms with van der Waals surface area (Å²) in [5.74, 6) is 1.54. The highest BCUT2D eigenvalue weighted by Gasteiger charge is 2.83. The van der Waals surface area contributed by atoms with Gasteiger partial charge in [-0.15, -0.1) is 0 Å². The lowest BCUT2D eigenvalue weighted by atomic mass is 9.33. The van der Waals surface area contributed by atoms with Crippen molar-refractivity contribution in [2.75, 3.05) is 20.2 Å². The largest absolute Gasteiger partial charge is 0.509 e. The zero-order valence-corrected chi connectivity index (χ0v) is 33.4. The van der Waals surface area contributed by atoms with E-state index in [1.807, 2.05) is 13.2 Å². The van der Waals surface area contributed by atoms with Gasteiger partial charge in [-0.1, -0.05) is 87.5 Å². The standard InChI is InChI=1S/C48H59NO6/c1-43(2,3)44(4,55-42(51)53-35-20-22-45(23-21-35,33-12-8-6-9-13-33)34-14-10-7-11-15-34)37-29-46-24-25-48(37,52-5)41-47(46)26-27-49(30-31-16-17-31)38(46)28-32-18-19-36(50)40(54-41)39(32)47/h6-15,18-19,31,35,37-38,41,50H,16-17,20-30H2,1-5H3. The van der Waals surface area contributed by atoms with Gasteiger partial charge in [-0.3, -0.25) is 4.90 Å². The molecular formula is C48H59NO6. The van der Waals surface area contributed by atoms with Gasteiger partial charge in [0.25, 0.3) is 0 Å². The Hall–Kier alpha value is -3.55.